The Balaban J connectivity index is 1.36. The smallest absolute Gasteiger partial charge is 0.261 e. The van der Waals surface area contributed by atoms with Gasteiger partial charge in [-0.15, -0.1) is 11.3 Å². The van der Waals surface area contributed by atoms with E-state index in [2.05, 4.69) is 29.6 Å². The number of thiophene rings is 1. The van der Waals surface area contributed by atoms with Crippen molar-refractivity contribution in [3.05, 3.63) is 83.2 Å². The SMILES string of the molecule is C[C@H](NC(=O)c1ccc(-c2ccc3c(c2)OCO3)s1)c1cccc2ccccc12. The Morgan fingerprint density at radius 1 is 0.966 bits per heavy atom. The lowest BCUT2D eigenvalue weighted by Crippen LogP contribution is -2.26. The molecule has 1 aliphatic rings. The summed E-state index contributed by atoms with van der Waals surface area (Å²) in [7, 11) is 0. The molecule has 0 fully saturated rings. The van der Waals surface area contributed by atoms with Crippen LogP contribution < -0.4 is 14.8 Å². The van der Waals surface area contributed by atoms with Crippen molar-refractivity contribution in [2.75, 3.05) is 6.79 Å². The van der Waals surface area contributed by atoms with Gasteiger partial charge in [0, 0.05) is 4.88 Å². The van der Waals surface area contributed by atoms with Crippen LogP contribution in [-0.4, -0.2) is 12.7 Å². The van der Waals surface area contributed by atoms with Crippen LogP contribution in [-0.2, 0) is 0 Å². The summed E-state index contributed by atoms with van der Waals surface area (Å²) in [5, 5.41) is 5.47. The zero-order valence-electron chi connectivity index (χ0n) is 15.8. The third-order valence-corrected chi connectivity index (χ3v) is 6.26. The Bertz CT molecular complexity index is 1210. The molecule has 0 radical (unpaired) electrons. The minimum absolute atomic E-state index is 0.0672. The first-order valence-electron chi connectivity index (χ1n) is 9.47. The average molecular weight is 401 g/mol. The molecular formula is C24H19NO3S. The summed E-state index contributed by atoms with van der Waals surface area (Å²) in [6.45, 7) is 2.27. The Morgan fingerprint density at radius 3 is 2.72 bits per heavy atom. The number of carbonyl (C=O) groups is 1. The van der Waals surface area contributed by atoms with Gasteiger partial charge in [0.15, 0.2) is 11.5 Å². The Morgan fingerprint density at radius 2 is 1.79 bits per heavy atom. The highest BCUT2D eigenvalue weighted by molar-refractivity contribution is 7.17. The van der Waals surface area contributed by atoms with Crippen molar-refractivity contribution in [2.24, 2.45) is 0 Å². The average Bonchev–Trinajstić information content (AvgIpc) is 3.42. The van der Waals surface area contributed by atoms with E-state index in [9.17, 15) is 4.79 Å². The summed E-state index contributed by atoms with van der Waals surface area (Å²) >= 11 is 1.47. The van der Waals surface area contributed by atoms with E-state index in [1.54, 1.807) is 0 Å². The van der Waals surface area contributed by atoms with Crippen LogP contribution in [0.1, 0.15) is 28.2 Å². The molecule has 1 amide bonds. The first-order valence-corrected chi connectivity index (χ1v) is 10.3. The molecule has 0 unspecified atom stereocenters. The topological polar surface area (TPSA) is 47.6 Å². The molecule has 3 aromatic carbocycles. The highest BCUT2D eigenvalue weighted by Crippen LogP contribution is 2.38. The monoisotopic (exact) mass is 401 g/mol. The standard InChI is InChI=1S/C24H19NO3S/c1-15(18-8-4-6-16-5-2-3-7-19(16)18)25-24(26)23-12-11-22(29-23)17-9-10-20-21(13-17)28-14-27-20/h2-13,15H,14H2,1H3,(H,25,26)/t15-/m0/s1. The van der Waals surface area contributed by atoms with Gasteiger partial charge in [-0.2, -0.15) is 0 Å². The molecule has 1 aliphatic heterocycles. The van der Waals surface area contributed by atoms with Gasteiger partial charge < -0.3 is 14.8 Å². The molecule has 0 spiro atoms. The van der Waals surface area contributed by atoms with E-state index in [0.717, 1.165) is 32.9 Å². The Kier molecular flexibility index (Phi) is 4.45. The van der Waals surface area contributed by atoms with Gasteiger partial charge in [0.2, 0.25) is 6.79 Å². The van der Waals surface area contributed by atoms with E-state index >= 15 is 0 Å². The molecule has 0 saturated heterocycles. The molecule has 1 N–H and O–H groups in total. The van der Waals surface area contributed by atoms with Gasteiger partial charge in [0.1, 0.15) is 0 Å². The number of hydrogen-bond acceptors (Lipinski definition) is 4. The fourth-order valence-corrected chi connectivity index (χ4v) is 4.54. The van der Waals surface area contributed by atoms with Crippen LogP contribution in [0.4, 0.5) is 0 Å². The van der Waals surface area contributed by atoms with Crippen LogP contribution in [0, 0.1) is 0 Å². The number of nitrogens with one attached hydrogen (secondary N) is 1. The van der Waals surface area contributed by atoms with Gasteiger partial charge in [-0.1, -0.05) is 42.5 Å². The number of rotatable bonds is 4. The van der Waals surface area contributed by atoms with E-state index < -0.39 is 0 Å². The number of benzene rings is 3. The second-order valence-corrected chi connectivity index (χ2v) is 8.08. The van der Waals surface area contributed by atoms with E-state index in [1.807, 2.05) is 55.5 Å². The van der Waals surface area contributed by atoms with Crippen LogP contribution in [0.3, 0.4) is 0 Å². The molecule has 144 valence electrons. The lowest BCUT2D eigenvalue weighted by atomic mass is 10.00. The molecule has 0 aliphatic carbocycles. The van der Waals surface area contributed by atoms with Gasteiger partial charge >= 0.3 is 0 Å². The molecule has 5 rings (SSSR count). The van der Waals surface area contributed by atoms with E-state index in [1.165, 1.54) is 16.7 Å². The van der Waals surface area contributed by atoms with Crippen molar-refractivity contribution in [1.29, 1.82) is 0 Å². The molecule has 29 heavy (non-hydrogen) atoms. The lowest BCUT2D eigenvalue weighted by Gasteiger charge is -2.16. The Hall–Kier alpha value is -3.31. The zero-order valence-corrected chi connectivity index (χ0v) is 16.7. The maximum absolute atomic E-state index is 12.9. The highest BCUT2D eigenvalue weighted by Gasteiger charge is 2.18. The number of hydrogen-bond donors (Lipinski definition) is 1. The second-order valence-electron chi connectivity index (χ2n) is 7.00. The third kappa shape index (κ3) is 3.34. The zero-order chi connectivity index (χ0) is 19.8. The molecule has 4 aromatic rings. The summed E-state index contributed by atoms with van der Waals surface area (Å²) in [4.78, 5) is 14.6. The maximum atomic E-state index is 12.9. The molecule has 0 bridgehead atoms. The van der Waals surface area contributed by atoms with Crippen LogP contribution in [0.15, 0.2) is 72.8 Å². The summed E-state index contributed by atoms with van der Waals surface area (Å²) in [5.74, 6) is 1.43. The minimum Gasteiger partial charge on any atom is -0.454 e. The van der Waals surface area contributed by atoms with Crippen LogP contribution in [0.2, 0.25) is 0 Å². The molecular weight excluding hydrogens is 382 g/mol. The normalized spacial score (nSPS) is 13.4. The number of ether oxygens (including phenoxy) is 2. The van der Waals surface area contributed by atoms with Crippen molar-refractivity contribution < 1.29 is 14.3 Å². The van der Waals surface area contributed by atoms with Gasteiger partial charge in [0.25, 0.3) is 5.91 Å². The van der Waals surface area contributed by atoms with Crippen molar-refractivity contribution >= 4 is 28.0 Å². The van der Waals surface area contributed by atoms with E-state index in [-0.39, 0.29) is 18.7 Å². The highest BCUT2D eigenvalue weighted by atomic mass is 32.1. The molecule has 0 saturated carbocycles. The van der Waals surface area contributed by atoms with Gasteiger partial charge in [-0.25, -0.2) is 0 Å². The minimum atomic E-state index is -0.0929. The van der Waals surface area contributed by atoms with Gasteiger partial charge in [-0.05, 0) is 59.2 Å². The first-order chi connectivity index (χ1) is 14.2. The van der Waals surface area contributed by atoms with Gasteiger partial charge in [-0.3, -0.25) is 4.79 Å². The summed E-state index contributed by atoms with van der Waals surface area (Å²) in [5.41, 5.74) is 2.13. The lowest BCUT2D eigenvalue weighted by molar-refractivity contribution is 0.0944. The molecule has 4 nitrogen and oxygen atoms in total. The van der Waals surface area contributed by atoms with Crippen molar-refractivity contribution in [3.63, 3.8) is 0 Å². The second kappa shape index (κ2) is 7.26. The van der Waals surface area contributed by atoms with Crippen molar-refractivity contribution in [3.8, 4) is 21.9 Å². The summed E-state index contributed by atoms with van der Waals surface area (Å²) in [6, 6.07) is 24.0. The van der Waals surface area contributed by atoms with Crippen molar-refractivity contribution in [2.45, 2.75) is 13.0 Å². The molecule has 2 heterocycles. The van der Waals surface area contributed by atoms with Crippen molar-refractivity contribution in [1.82, 2.24) is 5.32 Å². The largest absolute Gasteiger partial charge is 0.454 e. The molecule has 1 aromatic heterocycles. The van der Waals surface area contributed by atoms with Crippen LogP contribution in [0.25, 0.3) is 21.2 Å². The maximum Gasteiger partial charge on any atom is 0.261 e. The Labute approximate surface area is 172 Å². The predicted octanol–water partition coefficient (Wildman–Crippen LogP) is 5.79. The van der Waals surface area contributed by atoms with E-state index in [4.69, 9.17) is 9.47 Å². The van der Waals surface area contributed by atoms with Crippen LogP contribution in [0.5, 0.6) is 11.5 Å². The summed E-state index contributed by atoms with van der Waals surface area (Å²) < 4.78 is 10.8. The fourth-order valence-electron chi connectivity index (χ4n) is 3.64. The summed E-state index contributed by atoms with van der Waals surface area (Å²) in [6.07, 6.45) is 0. The number of fused-ring (bicyclic) bond motifs is 2. The molecule has 5 heteroatoms. The van der Waals surface area contributed by atoms with E-state index in [0.29, 0.717) is 4.88 Å². The number of amides is 1. The first kappa shape index (κ1) is 17.8. The number of carbonyl (C=O) groups excluding carboxylic acids is 1. The fraction of sp³-hybridized carbons (Fsp3) is 0.125. The van der Waals surface area contributed by atoms with Crippen LogP contribution >= 0.6 is 11.3 Å². The quantitative estimate of drug-likeness (QED) is 0.471. The molecule has 1 atom stereocenters. The van der Waals surface area contributed by atoms with Gasteiger partial charge in [0.05, 0.1) is 10.9 Å². The predicted molar refractivity (Wildman–Crippen MR) is 116 cm³/mol. The third-order valence-electron chi connectivity index (χ3n) is 5.12.